The fourth-order valence-corrected chi connectivity index (χ4v) is 2.69. The van der Waals surface area contributed by atoms with Crippen molar-refractivity contribution in [2.45, 2.75) is 19.5 Å². The molecule has 0 radical (unpaired) electrons. The highest BCUT2D eigenvalue weighted by Crippen LogP contribution is 2.30. The van der Waals surface area contributed by atoms with Crippen LogP contribution in [0.5, 0.6) is 5.75 Å². The smallest absolute Gasteiger partial charge is 0.416 e. The highest BCUT2D eigenvalue weighted by Gasteiger charge is 2.31. The molecular weight excluding hydrogens is 397 g/mol. The second-order valence-electron chi connectivity index (χ2n) is 5.99. The normalized spacial score (nSPS) is 11.1. The average Bonchev–Trinajstić information content (AvgIpc) is 2.60. The maximum atomic E-state index is 12.9. The van der Waals surface area contributed by atoms with Gasteiger partial charge in [0.25, 0.3) is 5.91 Å². The number of alkyl halides is 3. The number of methoxy groups -OCH3 is 1. The van der Waals surface area contributed by atoms with Crippen molar-refractivity contribution < 1.29 is 27.5 Å². The third kappa shape index (κ3) is 5.88. The van der Waals surface area contributed by atoms with Crippen molar-refractivity contribution in [3.05, 3.63) is 58.1 Å². The standard InChI is InChI=1S/C19H18ClF3N2O3/c1-11-7-12(9-13(8-11)19(21,22)23)18(27)24-6-5-17(26)25-14-3-4-16(28-2)15(20)10-14/h3-4,7-10H,5-6H2,1-2H3,(H,24,27)(H,25,26). The van der Waals surface area contributed by atoms with Gasteiger partial charge in [0.1, 0.15) is 5.75 Å². The molecule has 0 aliphatic heterocycles. The molecule has 0 atom stereocenters. The Morgan fingerprint density at radius 2 is 1.86 bits per heavy atom. The molecule has 2 rings (SSSR count). The van der Waals surface area contributed by atoms with Crippen LogP contribution in [0.4, 0.5) is 18.9 Å². The van der Waals surface area contributed by atoms with Crippen molar-refractivity contribution in [2.75, 3.05) is 19.0 Å². The summed E-state index contributed by atoms with van der Waals surface area (Å²) in [6.45, 7) is 1.43. The van der Waals surface area contributed by atoms with Gasteiger partial charge in [-0.1, -0.05) is 11.6 Å². The lowest BCUT2D eigenvalue weighted by Gasteiger charge is -2.11. The van der Waals surface area contributed by atoms with Crippen LogP contribution in [-0.4, -0.2) is 25.5 Å². The maximum absolute atomic E-state index is 12.9. The molecule has 0 bridgehead atoms. The van der Waals surface area contributed by atoms with Gasteiger partial charge in [0.2, 0.25) is 5.91 Å². The van der Waals surface area contributed by atoms with E-state index in [9.17, 15) is 22.8 Å². The van der Waals surface area contributed by atoms with Crippen LogP contribution in [0.2, 0.25) is 5.02 Å². The summed E-state index contributed by atoms with van der Waals surface area (Å²) >= 11 is 5.97. The molecule has 9 heteroatoms. The van der Waals surface area contributed by atoms with E-state index in [-0.39, 0.29) is 24.4 Å². The summed E-state index contributed by atoms with van der Waals surface area (Å²) in [5.41, 5.74) is -0.244. The molecule has 0 aromatic heterocycles. The topological polar surface area (TPSA) is 67.4 Å². The number of amides is 2. The summed E-state index contributed by atoms with van der Waals surface area (Å²) in [6, 6.07) is 7.81. The van der Waals surface area contributed by atoms with Gasteiger partial charge in [0.15, 0.2) is 0 Å². The number of benzene rings is 2. The number of halogens is 4. The summed E-state index contributed by atoms with van der Waals surface area (Å²) in [5.74, 6) is -0.612. The Balaban J connectivity index is 1.91. The predicted octanol–water partition coefficient (Wildman–Crippen LogP) is 4.43. The Labute approximate surface area is 164 Å². The lowest BCUT2D eigenvalue weighted by atomic mass is 10.1. The van der Waals surface area contributed by atoms with Crippen LogP contribution < -0.4 is 15.4 Å². The first-order chi connectivity index (χ1) is 13.1. The van der Waals surface area contributed by atoms with Crippen molar-refractivity contribution >= 4 is 29.1 Å². The lowest BCUT2D eigenvalue weighted by Crippen LogP contribution is -2.28. The number of anilines is 1. The van der Waals surface area contributed by atoms with Crippen molar-refractivity contribution in [3.8, 4) is 5.75 Å². The van der Waals surface area contributed by atoms with Crippen LogP contribution in [-0.2, 0) is 11.0 Å². The van der Waals surface area contributed by atoms with Crippen molar-refractivity contribution in [3.63, 3.8) is 0 Å². The Morgan fingerprint density at radius 1 is 1.14 bits per heavy atom. The highest BCUT2D eigenvalue weighted by atomic mass is 35.5. The van der Waals surface area contributed by atoms with Crippen LogP contribution in [0.1, 0.15) is 27.9 Å². The van der Waals surface area contributed by atoms with Gasteiger partial charge in [-0.25, -0.2) is 0 Å². The van der Waals surface area contributed by atoms with Gasteiger partial charge in [-0.2, -0.15) is 13.2 Å². The molecule has 0 aliphatic rings. The number of ether oxygens (including phenoxy) is 1. The number of nitrogens with one attached hydrogen (secondary N) is 2. The predicted molar refractivity (Wildman–Crippen MR) is 99.8 cm³/mol. The molecule has 2 amide bonds. The number of hydrogen-bond donors (Lipinski definition) is 2. The second kappa shape index (κ2) is 8.97. The van der Waals surface area contributed by atoms with Gasteiger partial charge in [0, 0.05) is 24.2 Å². The first kappa shape index (κ1) is 21.6. The summed E-state index contributed by atoms with van der Waals surface area (Å²) in [4.78, 5) is 24.0. The zero-order chi connectivity index (χ0) is 20.9. The van der Waals surface area contributed by atoms with Gasteiger partial charge < -0.3 is 15.4 Å². The largest absolute Gasteiger partial charge is 0.495 e. The zero-order valence-corrected chi connectivity index (χ0v) is 15.9. The minimum atomic E-state index is -4.54. The molecule has 2 N–H and O–H groups in total. The number of carbonyl (C=O) groups excluding carboxylic acids is 2. The Morgan fingerprint density at radius 3 is 2.46 bits per heavy atom. The van der Waals surface area contributed by atoms with Crippen LogP contribution in [0.25, 0.3) is 0 Å². The molecule has 2 aromatic rings. The van der Waals surface area contributed by atoms with Crippen LogP contribution in [0.3, 0.4) is 0 Å². The third-order valence-electron chi connectivity index (χ3n) is 3.74. The molecule has 150 valence electrons. The van der Waals surface area contributed by atoms with E-state index in [0.717, 1.165) is 12.1 Å². The SMILES string of the molecule is COc1ccc(NC(=O)CCNC(=O)c2cc(C)cc(C(F)(F)F)c2)cc1Cl. The maximum Gasteiger partial charge on any atom is 0.416 e. The molecule has 28 heavy (non-hydrogen) atoms. The summed E-state index contributed by atoms with van der Waals surface area (Å²) in [7, 11) is 1.47. The quantitative estimate of drug-likeness (QED) is 0.734. The Kier molecular flexibility index (Phi) is 6.90. The molecule has 0 saturated heterocycles. The van der Waals surface area contributed by atoms with E-state index in [0.29, 0.717) is 22.0 Å². The molecule has 0 saturated carbocycles. The van der Waals surface area contributed by atoms with E-state index in [1.165, 1.54) is 26.2 Å². The molecule has 0 fully saturated rings. The van der Waals surface area contributed by atoms with Crippen molar-refractivity contribution in [1.29, 1.82) is 0 Å². The second-order valence-corrected chi connectivity index (χ2v) is 6.40. The average molecular weight is 415 g/mol. The molecule has 0 aliphatic carbocycles. The molecule has 0 heterocycles. The number of aryl methyl sites for hydroxylation is 1. The van der Waals surface area contributed by atoms with E-state index in [1.54, 1.807) is 12.1 Å². The van der Waals surface area contributed by atoms with Gasteiger partial charge in [-0.15, -0.1) is 0 Å². The summed E-state index contributed by atoms with van der Waals surface area (Å²) < 4.78 is 43.6. The van der Waals surface area contributed by atoms with E-state index in [2.05, 4.69) is 10.6 Å². The van der Waals surface area contributed by atoms with Gasteiger partial charge in [-0.3, -0.25) is 9.59 Å². The minimum Gasteiger partial charge on any atom is -0.495 e. The monoisotopic (exact) mass is 414 g/mol. The summed E-state index contributed by atoms with van der Waals surface area (Å²) in [5, 5.41) is 5.37. The molecular formula is C19H18ClF3N2O3. The Hall–Kier alpha value is -2.74. The van der Waals surface area contributed by atoms with Gasteiger partial charge in [-0.05, 0) is 48.9 Å². The van der Waals surface area contributed by atoms with Crippen molar-refractivity contribution in [2.24, 2.45) is 0 Å². The number of carbonyl (C=O) groups is 2. The Bertz CT molecular complexity index is 885. The number of hydrogen-bond acceptors (Lipinski definition) is 3. The van der Waals surface area contributed by atoms with E-state index in [4.69, 9.17) is 16.3 Å². The van der Waals surface area contributed by atoms with E-state index in [1.807, 2.05) is 0 Å². The lowest BCUT2D eigenvalue weighted by molar-refractivity contribution is -0.137. The first-order valence-electron chi connectivity index (χ1n) is 8.20. The molecule has 2 aromatic carbocycles. The fraction of sp³-hybridized carbons (Fsp3) is 0.263. The van der Waals surface area contributed by atoms with E-state index < -0.39 is 17.6 Å². The number of rotatable bonds is 6. The molecule has 0 spiro atoms. The van der Waals surface area contributed by atoms with Crippen LogP contribution >= 0.6 is 11.6 Å². The van der Waals surface area contributed by atoms with Gasteiger partial charge in [0.05, 0.1) is 17.7 Å². The highest BCUT2D eigenvalue weighted by molar-refractivity contribution is 6.32. The van der Waals surface area contributed by atoms with Crippen molar-refractivity contribution in [1.82, 2.24) is 5.32 Å². The summed E-state index contributed by atoms with van der Waals surface area (Å²) in [6.07, 6.45) is -4.60. The zero-order valence-electron chi connectivity index (χ0n) is 15.1. The fourth-order valence-electron chi connectivity index (χ4n) is 2.44. The van der Waals surface area contributed by atoms with E-state index >= 15 is 0 Å². The minimum absolute atomic E-state index is 0.0379. The van der Waals surface area contributed by atoms with Crippen LogP contribution in [0.15, 0.2) is 36.4 Å². The third-order valence-corrected chi connectivity index (χ3v) is 4.04. The van der Waals surface area contributed by atoms with Gasteiger partial charge >= 0.3 is 6.18 Å². The van der Waals surface area contributed by atoms with Crippen LogP contribution in [0, 0.1) is 6.92 Å². The molecule has 5 nitrogen and oxygen atoms in total. The first-order valence-corrected chi connectivity index (χ1v) is 8.58. The molecule has 0 unspecified atom stereocenters.